The summed E-state index contributed by atoms with van der Waals surface area (Å²) in [6, 6.07) is 9.35. The molecule has 0 amide bonds. The predicted molar refractivity (Wildman–Crippen MR) is 90.5 cm³/mol. The summed E-state index contributed by atoms with van der Waals surface area (Å²) in [7, 11) is 2.24. The van der Waals surface area contributed by atoms with Crippen molar-refractivity contribution in [3.8, 4) is 0 Å². The fourth-order valence-corrected chi connectivity index (χ4v) is 3.44. The van der Waals surface area contributed by atoms with E-state index in [1.807, 2.05) is 0 Å². The van der Waals surface area contributed by atoms with E-state index in [0.29, 0.717) is 6.04 Å². The number of nitrogens with zero attached hydrogens (tertiary/aromatic N) is 2. The molecule has 21 heavy (non-hydrogen) atoms. The molecule has 0 aliphatic carbocycles. The molecule has 1 aromatic carbocycles. The van der Waals surface area contributed by atoms with E-state index in [-0.39, 0.29) is 6.04 Å². The number of likely N-dealkylation sites (N-methyl/N-ethyl adjacent to an activating group) is 1. The van der Waals surface area contributed by atoms with Crippen molar-refractivity contribution in [3.05, 3.63) is 35.4 Å². The van der Waals surface area contributed by atoms with Crippen LogP contribution in [0.2, 0.25) is 0 Å². The number of nitrogens with two attached hydrogens (primary N) is 1. The van der Waals surface area contributed by atoms with E-state index in [2.05, 4.69) is 55.0 Å². The second-order valence-corrected chi connectivity index (χ2v) is 6.47. The van der Waals surface area contributed by atoms with Gasteiger partial charge in [0, 0.05) is 25.2 Å². The van der Waals surface area contributed by atoms with E-state index >= 15 is 0 Å². The molecule has 0 bridgehead atoms. The van der Waals surface area contributed by atoms with Gasteiger partial charge in [0.2, 0.25) is 0 Å². The lowest BCUT2D eigenvalue weighted by atomic mass is 9.99. The van der Waals surface area contributed by atoms with Gasteiger partial charge in [0.05, 0.1) is 0 Å². The van der Waals surface area contributed by atoms with Crippen molar-refractivity contribution in [1.29, 1.82) is 0 Å². The van der Waals surface area contributed by atoms with Gasteiger partial charge in [-0.05, 0) is 57.5 Å². The molecule has 0 radical (unpaired) electrons. The summed E-state index contributed by atoms with van der Waals surface area (Å²) in [5.41, 5.74) is 9.05. The molecule has 1 aliphatic heterocycles. The molecular formula is C18H31N3. The first-order chi connectivity index (χ1) is 10.1. The molecule has 0 saturated carbocycles. The molecule has 2 atom stereocenters. The normalized spacial score (nSPS) is 23.0. The number of benzene rings is 1. The Labute approximate surface area is 130 Å². The minimum atomic E-state index is 0.157. The Morgan fingerprint density at radius 2 is 2.05 bits per heavy atom. The SMILES string of the molecule is CCC1CN(C)CCCN1CCC(N)c1ccccc1C. The maximum atomic E-state index is 6.43. The molecule has 1 aromatic rings. The van der Waals surface area contributed by atoms with Crippen molar-refractivity contribution in [3.63, 3.8) is 0 Å². The summed E-state index contributed by atoms with van der Waals surface area (Å²) in [5, 5.41) is 0. The van der Waals surface area contributed by atoms with Crippen LogP contribution in [0.3, 0.4) is 0 Å². The third-order valence-electron chi connectivity index (χ3n) is 4.81. The van der Waals surface area contributed by atoms with Crippen molar-refractivity contribution < 1.29 is 0 Å². The first-order valence-corrected chi connectivity index (χ1v) is 8.35. The molecule has 2 unspecified atom stereocenters. The van der Waals surface area contributed by atoms with Gasteiger partial charge in [-0.15, -0.1) is 0 Å². The summed E-state index contributed by atoms with van der Waals surface area (Å²) in [6.07, 6.45) is 3.54. The molecule has 1 saturated heterocycles. The molecule has 3 nitrogen and oxygen atoms in total. The lowest BCUT2D eigenvalue weighted by molar-refractivity contribution is 0.178. The van der Waals surface area contributed by atoms with Crippen LogP contribution in [0.25, 0.3) is 0 Å². The summed E-state index contributed by atoms with van der Waals surface area (Å²) in [6.45, 7) is 9.20. The van der Waals surface area contributed by atoms with E-state index in [4.69, 9.17) is 5.73 Å². The van der Waals surface area contributed by atoms with Crippen LogP contribution in [-0.2, 0) is 0 Å². The van der Waals surface area contributed by atoms with Gasteiger partial charge in [-0.25, -0.2) is 0 Å². The molecular weight excluding hydrogens is 258 g/mol. The fraction of sp³-hybridized carbons (Fsp3) is 0.667. The van der Waals surface area contributed by atoms with Crippen molar-refractivity contribution in [2.75, 3.05) is 33.2 Å². The number of aryl methyl sites for hydroxylation is 1. The number of rotatable bonds is 5. The molecule has 3 heteroatoms. The van der Waals surface area contributed by atoms with Crippen LogP contribution in [0.1, 0.15) is 43.4 Å². The first kappa shape index (κ1) is 16.5. The Kier molecular flexibility index (Phi) is 6.22. The highest BCUT2D eigenvalue weighted by Gasteiger charge is 2.22. The zero-order chi connectivity index (χ0) is 15.2. The molecule has 118 valence electrons. The lowest BCUT2D eigenvalue weighted by Gasteiger charge is -2.31. The number of hydrogen-bond acceptors (Lipinski definition) is 3. The minimum Gasteiger partial charge on any atom is -0.324 e. The number of hydrogen-bond donors (Lipinski definition) is 1. The van der Waals surface area contributed by atoms with E-state index in [0.717, 1.165) is 13.0 Å². The van der Waals surface area contributed by atoms with Gasteiger partial charge in [-0.2, -0.15) is 0 Å². The third kappa shape index (κ3) is 4.53. The molecule has 1 heterocycles. The quantitative estimate of drug-likeness (QED) is 0.904. The monoisotopic (exact) mass is 289 g/mol. The maximum Gasteiger partial charge on any atom is 0.0309 e. The molecule has 2 N–H and O–H groups in total. The molecule has 1 aliphatic rings. The molecule has 1 fully saturated rings. The van der Waals surface area contributed by atoms with E-state index < -0.39 is 0 Å². The van der Waals surface area contributed by atoms with Crippen LogP contribution in [0.5, 0.6) is 0 Å². The van der Waals surface area contributed by atoms with E-state index in [1.165, 1.54) is 43.6 Å². The average molecular weight is 289 g/mol. The largest absolute Gasteiger partial charge is 0.324 e. The average Bonchev–Trinajstić information content (AvgIpc) is 2.66. The Balaban J connectivity index is 1.93. The Morgan fingerprint density at radius 3 is 2.76 bits per heavy atom. The highest BCUT2D eigenvalue weighted by molar-refractivity contribution is 5.28. The highest BCUT2D eigenvalue weighted by atomic mass is 15.2. The van der Waals surface area contributed by atoms with E-state index in [1.54, 1.807) is 0 Å². The van der Waals surface area contributed by atoms with Gasteiger partial charge in [-0.3, -0.25) is 4.90 Å². The van der Waals surface area contributed by atoms with Gasteiger partial charge >= 0.3 is 0 Å². The van der Waals surface area contributed by atoms with Crippen LogP contribution in [-0.4, -0.2) is 49.1 Å². The molecule has 2 rings (SSSR count). The van der Waals surface area contributed by atoms with Gasteiger partial charge in [0.15, 0.2) is 0 Å². The summed E-state index contributed by atoms with van der Waals surface area (Å²) in [4.78, 5) is 5.12. The molecule has 0 aromatic heterocycles. The predicted octanol–water partition coefficient (Wildman–Crippen LogP) is 2.80. The zero-order valence-corrected chi connectivity index (χ0v) is 13.9. The Hall–Kier alpha value is -0.900. The van der Waals surface area contributed by atoms with Crippen molar-refractivity contribution in [2.45, 2.75) is 45.2 Å². The highest BCUT2D eigenvalue weighted by Crippen LogP contribution is 2.20. The van der Waals surface area contributed by atoms with Gasteiger partial charge < -0.3 is 10.6 Å². The van der Waals surface area contributed by atoms with Gasteiger partial charge in [0.25, 0.3) is 0 Å². The van der Waals surface area contributed by atoms with Crippen LogP contribution in [0.4, 0.5) is 0 Å². The fourth-order valence-electron chi connectivity index (χ4n) is 3.44. The van der Waals surface area contributed by atoms with Gasteiger partial charge in [-0.1, -0.05) is 31.2 Å². The topological polar surface area (TPSA) is 32.5 Å². The first-order valence-electron chi connectivity index (χ1n) is 8.35. The zero-order valence-electron chi connectivity index (χ0n) is 13.9. The van der Waals surface area contributed by atoms with Crippen molar-refractivity contribution >= 4 is 0 Å². The second-order valence-electron chi connectivity index (χ2n) is 6.47. The van der Waals surface area contributed by atoms with Gasteiger partial charge in [0.1, 0.15) is 0 Å². The summed E-state index contributed by atoms with van der Waals surface area (Å²) in [5.74, 6) is 0. The maximum absolute atomic E-state index is 6.43. The minimum absolute atomic E-state index is 0.157. The van der Waals surface area contributed by atoms with Crippen LogP contribution >= 0.6 is 0 Å². The summed E-state index contributed by atoms with van der Waals surface area (Å²) >= 11 is 0. The summed E-state index contributed by atoms with van der Waals surface area (Å²) < 4.78 is 0. The molecule has 0 spiro atoms. The third-order valence-corrected chi connectivity index (χ3v) is 4.81. The Bertz CT molecular complexity index is 432. The van der Waals surface area contributed by atoms with Crippen LogP contribution < -0.4 is 5.73 Å². The lowest BCUT2D eigenvalue weighted by Crippen LogP contribution is -2.41. The van der Waals surface area contributed by atoms with Crippen molar-refractivity contribution in [2.24, 2.45) is 5.73 Å². The smallest absolute Gasteiger partial charge is 0.0309 e. The second kappa shape index (κ2) is 7.92. The van der Waals surface area contributed by atoms with E-state index in [9.17, 15) is 0 Å². The standard InChI is InChI=1S/C18H31N3/c1-4-16-14-20(3)11-7-12-21(16)13-10-18(19)17-9-6-5-8-15(17)2/h5-6,8-9,16,18H,4,7,10-14,19H2,1-3H3. The van der Waals surface area contributed by atoms with Crippen LogP contribution in [0, 0.1) is 6.92 Å². The Morgan fingerprint density at radius 1 is 1.29 bits per heavy atom. The van der Waals surface area contributed by atoms with Crippen molar-refractivity contribution in [1.82, 2.24) is 9.80 Å². The van der Waals surface area contributed by atoms with Crippen LogP contribution in [0.15, 0.2) is 24.3 Å².